The number of aromatic nitrogens is 1. The molecule has 3 nitrogen and oxygen atoms in total. The molecule has 0 aromatic carbocycles. The smallest absolute Gasteiger partial charge is 0.171 e. The van der Waals surface area contributed by atoms with Gasteiger partial charge in [0, 0.05) is 37.8 Å². The fraction of sp³-hybridized carbons (Fsp3) is 0.615. The molecule has 0 saturated heterocycles. The number of rotatable bonds is 6. The third-order valence-corrected chi connectivity index (χ3v) is 2.93. The van der Waals surface area contributed by atoms with Crippen LogP contribution in [0.2, 0.25) is 0 Å². The van der Waals surface area contributed by atoms with Crippen molar-refractivity contribution in [1.82, 2.24) is 0 Å². The molecule has 1 heterocycles. The van der Waals surface area contributed by atoms with E-state index in [1.807, 2.05) is 7.05 Å². The number of nitrogens with zero attached hydrogens (tertiary/aromatic N) is 2. The Labute approximate surface area is 98.3 Å². The minimum atomic E-state index is 0.192. The van der Waals surface area contributed by atoms with Gasteiger partial charge in [0.05, 0.1) is 6.61 Å². The van der Waals surface area contributed by atoms with Gasteiger partial charge in [-0.3, -0.25) is 0 Å². The van der Waals surface area contributed by atoms with Crippen LogP contribution >= 0.6 is 0 Å². The molecule has 3 heteroatoms. The number of anilines is 1. The van der Waals surface area contributed by atoms with Crippen LogP contribution in [0, 0.1) is 0 Å². The van der Waals surface area contributed by atoms with Crippen LogP contribution in [-0.2, 0) is 0 Å². The molecule has 0 amide bonds. The van der Waals surface area contributed by atoms with Crippen LogP contribution in [0.3, 0.4) is 0 Å². The molecule has 1 N–H and O–H groups in total. The van der Waals surface area contributed by atoms with Gasteiger partial charge in [-0.05, 0) is 13.3 Å². The Hall–Kier alpha value is -1.09. The van der Waals surface area contributed by atoms with Gasteiger partial charge in [0.25, 0.3) is 0 Å². The summed E-state index contributed by atoms with van der Waals surface area (Å²) in [7, 11) is 1.99. The van der Waals surface area contributed by atoms with Crippen molar-refractivity contribution in [2.24, 2.45) is 0 Å². The van der Waals surface area contributed by atoms with Gasteiger partial charge in [-0.15, -0.1) is 0 Å². The topological polar surface area (TPSA) is 27.4 Å². The van der Waals surface area contributed by atoms with E-state index in [1.165, 1.54) is 12.8 Å². The summed E-state index contributed by atoms with van der Waals surface area (Å²) in [5.74, 6) is 0. The van der Waals surface area contributed by atoms with Crippen LogP contribution in [0.4, 0.5) is 5.69 Å². The lowest BCUT2D eigenvalue weighted by Gasteiger charge is -2.17. The van der Waals surface area contributed by atoms with Crippen LogP contribution < -0.4 is 9.47 Å². The number of aliphatic hydroxyl groups is 1. The van der Waals surface area contributed by atoms with Crippen LogP contribution in [0.25, 0.3) is 0 Å². The summed E-state index contributed by atoms with van der Waals surface area (Å²) < 4.78 is 2.24. The first kappa shape index (κ1) is 13.0. The molecule has 1 aromatic heterocycles. The van der Waals surface area contributed by atoms with Crippen molar-refractivity contribution in [3.05, 3.63) is 24.5 Å². The van der Waals surface area contributed by atoms with E-state index in [9.17, 15) is 0 Å². The van der Waals surface area contributed by atoms with Gasteiger partial charge < -0.3 is 10.0 Å². The van der Waals surface area contributed by atoms with Crippen LogP contribution in [-0.4, -0.2) is 25.3 Å². The first-order valence-corrected chi connectivity index (χ1v) is 6.01. The van der Waals surface area contributed by atoms with Crippen LogP contribution in [0.5, 0.6) is 0 Å². The van der Waals surface area contributed by atoms with Gasteiger partial charge in [0.1, 0.15) is 0 Å². The van der Waals surface area contributed by atoms with Gasteiger partial charge in [0.15, 0.2) is 18.4 Å². The Morgan fingerprint density at radius 2 is 2.00 bits per heavy atom. The molecule has 0 fully saturated rings. The second-order valence-electron chi connectivity index (χ2n) is 4.29. The van der Waals surface area contributed by atoms with E-state index in [1.54, 1.807) is 0 Å². The Kier molecular flexibility index (Phi) is 5.26. The average Bonchev–Trinajstić information content (AvgIpc) is 2.30. The predicted molar refractivity (Wildman–Crippen MR) is 66.6 cm³/mol. The largest absolute Gasteiger partial charge is 0.395 e. The highest BCUT2D eigenvalue weighted by Crippen LogP contribution is 2.10. The van der Waals surface area contributed by atoms with E-state index >= 15 is 0 Å². The van der Waals surface area contributed by atoms with Gasteiger partial charge >= 0.3 is 0 Å². The second kappa shape index (κ2) is 6.48. The third kappa shape index (κ3) is 3.49. The van der Waals surface area contributed by atoms with Gasteiger partial charge in [-0.25, -0.2) is 4.57 Å². The van der Waals surface area contributed by atoms with E-state index in [0.717, 1.165) is 5.69 Å². The molecule has 0 aliphatic carbocycles. The van der Waals surface area contributed by atoms with E-state index in [-0.39, 0.29) is 6.61 Å². The Morgan fingerprint density at radius 3 is 2.50 bits per heavy atom. The molecule has 0 aliphatic heterocycles. The number of likely N-dealkylation sites (N-methyl/N-ethyl adjacent to an activating group) is 1. The van der Waals surface area contributed by atoms with Gasteiger partial charge in [-0.1, -0.05) is 6.92 Å². The minimum Gasteiger partial charge on any atom is -0.395 e. The molecule has 1 rings (SSSR count). The predicted octanol–water partition coefficient (Wildman–Crippen LogP) is 1.76. The van der Waals surface area contributed by atoms with Crippen molar-refractivity contribution in [1.29, 1.82) is 0 Å². The van der Waals surface area contributed by atoms with E-state index in [2.05, 4.69) is 47.8 Å². The first-order chi connectivity index (χ1) is 7.69. The molecule has 16 heavy (non-hydrogen) atoms. The molecule has 90 valence electrons. The van der Waals surface area contributed by atoms with Crippen molar-refractivity contribution >= 4 is 5.69 Å². The summed E-state index contributed by atoms with van der Waals surface area (Å²) in [6.45, 7) is 5.31. The summed E-state index contributed by atoms with van der Waals surface area (Å²) in [5.41, 5.74) is 1.15. The number of hydrogen-bond donors (Lipinski definition) is 1. The normalized spacial score (nSPS) is 12.5. The fourth-order valence-corrected chi connectivity index (χ4v) is 1.82. The molecule has 0 aliphatic rings. The summed E-state index contributed by atoms with van der Waals surface area (Å²) in [6, 6.07) is 4.76. The Balaban J connectivity index is 2.67. The molecule has 1 atom stereocenters. The highest BCUT2D eigenvalue weighted by Gasteiger charge is 2.11. The highest BCUT2D eigenvalue weighted by molar-refractivity contribution is 5.42. The lowest BCUT2D eigenvalue weighted by Crippen LogP contribution is -2.37. The monoisotopic (exact) mass is 223 g/mol. The zero-order chi connectivity index (χ0) is 12.0. The Bertz CT molecular complexity index is 266. The molecule has 1 unspecified atom stereocenters. The van der Waals surface area contributed by atoms with Crippen LogP contribution in [0.15, 0.2) is 24.5 Å². The highest BCUT2D eigenvalue weighted by atomic mass is 16.3. The van der Waals surface area contributed by atoms with Gasteiger partial charge in [-0.2, -0.15) is 0 Å². The molecule has 0 radical (unpaired) electrons. The maximum atomic E-state index is 8.86. The zero-order valence-corrected chi connectivity index (χ0v) is 10.6. The quantitative estimate of drug-likeness (QED) is 0.744. The molecule has 0 spiro atoms. The summed E-state index contributed by atoms with van der Waals surface area (Å²) >= 11 is 0. The van der Waals surface area contributed by atoms with E-state index in [0.29, 0.717) is 12.6 Å². The van der Waals surface area contributed by atoms with Crippen molar-refractivity contribution in [3.8, 4) is 0 Å². The van der Waals surface area contributed by atoms with Crippen molar-refractivity contribution in [3.63, 3.8) is 0 Å². The SMILES string of the molecule is CCCC(C)[n+]1ccc(N(C)CCO)cc1. The molecular weight excluding hydrogens is 200 g/mol. The van der Waals surface area contributed by atoms with Crippen molar-refractivity contribution < 1.29 is 9.67 Å². The fourth-order valence-electron chi connectivity index (χ4n) is 1.82. The van der Waals surface area contributed by atoms with E-state index in [4.69, 9.17) is 5.11 Å². The summed E-state index contributed by atoms with van der Waals surface area (Å²) in [6.07, 6.45) is 6.64. The zero-order valence-electron chi connectivity index (χ0n) is 10.6. The molecule has 0 bridgehead atoms. The number of hydrogen-bond acceptors (Lipinski definition) is 2. The first-order valence-electron chi connectivity index (χ1n) is 6.01. The molecule has 0 saturated carbocycles. The second-order valence-corrected chi connectivity index (χ2v) is 4.29. The van der Waals surface area contributed by atoms with E-state index < -0.39 is 0 Å². The molecular formula is C13H23N2O+. The third-order valence-electron chi connectivity index (χ3n) is 2.93. The molecule has 1 aromatic rings. The standard InChI is InChI=1S/C13H23N2O/c1-4-5-12(2)15-8-6-13(7-9-15)14(3)10-11-16/h6-9,12,16H,4-5,10-11H2,1-3H3/q+1. The van der Waals surface area contributed by atoms with Gasteiger partial charge in [0.2, 0.25) is 0 Å². The number of pyridine rings is 1. The maximum absolute atomic E-state index is 8.86. The maximum Gasteiger partial charge on any atom is 0.171 e. The van der Waals surface area contributed by atoms with Crippen LogP contribution in [0.1, 0.15) is 32.7 Å². The Morgan fingerprint density at radius 1 is 1.38 bits per heavy atom. The number of aliphatic hydroxyl groups excluding tert-OH is 1. The summed E-state index contributed by atoms with van der Waals surface area (Å²) in [4.78, 5) is 2.05. The average molecular weight is 223 g/mol. The lowest BCUT2D eigenvalue weighted by atomic mass is 10.2. The minimum absolute atomic E-state index is 0.192. The van der Waals surface area contributed by atoms with Crippen molar-refractivity contribution in [2.45, 2.75) is 32.7 Å². The van der Waals surface area contributed by atoms with Crippen molar-refractivity contribution in [2.75, 3.05) is 25.1 Å². The lowest BCUT2D eigenvalue weighted by molar-refractivity contribution is -0.720. The summed E-state index contributed by atoms with van der Waals surface area (Å²) in [5, 5.41) is 8.86.